The largest absolute Gasteiger partial charge is 0.497 e. The van der Waals surface area contributed by atoms with Gasteiger partial charge in [0.05, 0.1) is 7.11 Å². The number of aliphatic hydroxyl groups excluding tert-OH is 1. The van der Waals surface area contributed by atoms with Crippen molar-refractivity contribution in [2.75, 3.05) is 66.6 Å². The zero-order chi connectivity index (χ0) is 20.5. The fourth-order valence-corrected chi connectivity index (χ4v) is 4.21. The maximum absolute atomic E-state index is 10.6. The van der Waals surface area contributed by atoms with Crippen molar-refractivity contribution in [3.63, 3.8) is 0 Å². The number of β-amino-alcohol motifs (C(OH)–C–C–N with tert-alkyl or cyclic N) is 1. The molecule has 164 valence electrons. The fourth-order valence-electron chi connectivity index (χ4n) is 4.21. The van der Waals surface area contributed by atoms with Gasteiger partial charge < -0.3 is 24.4 Å². The highest BCUT2D eigenvalue weighted by molar-refractivity contribution is 5.40. The lowest BCUT2D eigenvalue weighted by Gasteiger charge is -2.32. The predicted molar refractivity (Wildman–Crippen MR) is 117 cm³/mol. The van der Waals surface area contributed by atoms with Gasteiger partial charge in [-0.25, -0.2) is 0 Å². The molecule has 1 aromatic carbocycles. The molecule has 2 heterocycles. The Kier molecular flexibility index (Phi) is 9.05. The number of likely N-dealkylation sites (tertiary alicyclic amines) is 1. The van der Waals surface area contributed by atoms with Crippen LogP contribution in [0.4, 0.5) is 0 Å². The SMILES string of the molecule is COc1ccc(CN2CCN(C)CC2)c(OC[C@H](O)CN2CCCCCCC2)c1. The second kappa shape index (κ2) is 11.7. The summed E-state index contributed by atoms with van der Waals surface area (Å²) in [5.74, 6) is 1.62. The lowest BCUT2D eigenvalue weighted by atomic mass is 10.1. The lowest BCUT2D eigenvalue weighted by molar-refractivity contribution is 0.0644. The minimum atomic E-state index is -0.475. The minimum Gasteiger partial charge on any atom is -0.497 e. The van der Waals surface area contributed by atoms with Crippen LogP contribution in [0.3, 0.4) is 0 Å². The molecule has 6 nitrogen and oxygen atoms in total. The summed E-state index contributed by atoms with van der Waals surface area (Å²) in [6, 6.07) is 6.04. The van der Waals surface area contributed by atoms with E-state index in [1.165, 1.54) is 32.1 Å². The first-order valence-electron chi connectivity index (χ1n) is 11.2. The molecular formula is C23H39N3O3. The van der Waals surface area contributed by atoms with Gasteiger partial charge >= 0.3 is 0 Å². The molecule has 0 spiro atoms. The second-order valence-electron chi connectivity index (χ2n) is 8.59. The Bertz CT molecular complexity index is 597. The molecule has 1 atom stereocenters. The highest BCUT2D eigenvalue weighted by Crippen LogP contribution is 2.26. The molecule has 1 N–H and O–H groups in total. The third-order valence-corrected chi connectivity index (χ3v) is 6.11. The number of ether oxygens (including phenoxy) is 2. The van der Waals surface area contributed by atoms with Crippen LogP contribution < -0.4 is 9.47 Å². The topological polar surface area (TPSA) is 48.4 Å². The van der Waals surface area contributed by atoms with Gasteiger partial charge in [-0.2, -0.15) is 0 Å². The van der Waals surface area contributed by atoms with E-state index in [4.69, 9.17) is 9.47 Å². The van der Waals surface area contributed by atoms with Gasteiger partial charge in [0.1, 0.15) is 24.2 Å². The molecule has 0 aromatic heterocycles. The molecule has 2 fully saturated rings. The molecular weight excluding hydrogens is 366 g/mol. The average molecular weight is 406 g/mol. The molecule has 29 heavy (non-hydrogen) atoms. The summed E-state index contributed by atoms with van der Waals surface area (Å²) in [6.45, 7) is 8.39. The van der Waals surface area contributed by atoms with E-state index >= 15 is 0 Å². The number of nitrogens with zero attached hydrogens (tertiary/aromatic N) is 3. The Balaban J connectivity index is 1.55. The van der Waals surface area contributed by atoms with Gasteiger partial charge in [0.25, 0.3) is 0 Å². The summed E-state index contributed by atoms with van der Waals surface area (Å²) in [4.78, 5) is 7.22. The van der Waals surface area contributed by atoms with Crippen molar-refractivity contribution in [1.29, 1.82) is 0 Å². The van der Waals surface area contributed by atoms with Crippen molar-refractivity contribution >= 4 is 0 Å². The van der Waals surface area contributed by atoms with Crippen molar-refractivity contribution in [3.8, 4) is 11.5 Å². The zero-order valence-electron chi connectivity index (χ0n) is 18.3. The third kappa shape index (κ3) is 7.45. The molecule has 0 bridgehead atoms. The summed E-state index contributed by atoms with van der Waals surface area (Å²) in [7, 11) is 3.85. The number of aliphatic hydroxyl groups is 1. The van der Waals surface area contributed by atoms with Crippen LogP contribution in [0.25, 0.3) is 0 Å². The van der Waals surface area contributed by atoms with Gasteiger partial charge in [-0.05, 0) is 39.0 Å². The van der Waals surface area contributed by atoms with Gasteiger partial charge in [0, 0.05) is 50.9 Å². The summed E-state index contributed by atoms with van der Waals surface area (Å²) >= 11 is 0. The van der Waals surface area contributed by atoms with Crippen LogP contribution in [0.2, 0.25) is 0 Å². The van der Waals surface area contributed by atoms with Gasteiger partial charge in [-0.3, -0.25) is 4.90 Å². The van der Waals surface area contributed by atoms with E-state index in [1.807, 2.05) is 12.1 Å². The summed E-state index contributed by atoms with van der Waals surface area (Å²) in [5.41, 5.74) is 1.16. The lowest BCUT2D eigenvalue weighted by Crippen LogP contribution is -2.43. The molecule has 2 aliphatic heterocycles. The quantitative estimate of drug-likeness (QED) is 0.717. The van der Waals surface area contributed by atoms with Crippen LogP contribution >= 0.6 is 0 Å². The number of hydrogen-bond donors (Lipinski definition) is 1. The maximum atomic E-state index is 10.6. The highest BCUT2D eigenvalue weighted by atomic mass is 16.5. The van der Waals surface area contributed by atoms with E-state index in [0.29, 0.717) is 13.2 Å². The van der Waals surface area contributed by atoms with Gasteiger partial charge in [0.15, 0.2) is 0 Å². The molecule has 2 saturated heterocycles. The van der Waals surface area contributed by atoms with Gasteiger partial charge in [-0.15, -0.1) is 0 Å². The molecule has 1 aromatic rings. The number of likely N-dealkylation sites (N-methyl/N-ethyl adjacent to an activating group) is 1. The van der Waals surface area contributed by atoms with E-state index in [0.717, 1.165) is 62.9 Å². The number of piperazine rings is 1. The van der Waals surface area contributed by atoms with Crippen molar-refractivity contribution < 1.29 is 14.6 Å². The molecule has 2 aliphatic rings. The van der Waals surface area contributed by atoms with Crippen LogP contribution in [0, 0.1) is 0 Å². The minimum absolute atomic E-state index is 0.319. The molecule has 0 unspecified atom stereocenters. The van der Waals surface area contributed by atoms with Crippen LogP contribution in [0.5, 0.6) is 11.5 Å². The Labute approximate surface area is 176 Å². The summed E-state index contributed by atoms with van der Waals surface area (Å²) < 4.78 is 11.5. The van der Waals surface area contributed by atoms with E-state index in [2.05, 4.69) is 27.8 Å². The average Bonchev–Trinajstić information content (AvgIpc) is 2.71. The molecule has 0 radical (unpaired) electrons. The first kappa shape index (κ1) is 22.3. The molecule has 3 rings (SSSR count). The summed E-state index contributed by atoms with van der Waals surface area (Å²) in [6.07, 6.45) is 5.96. The van der Waals surface area contributed by atoms with E-state index in [9.17, 15) is 5.11 Å². The van der Waals surface area contributed by atoms with Crippen molar-refractivity contribution in [1.82, 2.24) is 14.7 Å². The van der Waals surface area contributed by atoms with E-state index in [-0.39, 0.29) is 0 Å². The fraction of sp³-hybridized carbons (Fsp3) is 0.739. The maximum Gasteiger partial charge on any atom is 0.127 e. The smallest absolute Gasteiger partial charge is 0.127 e. The number of rotatable bonds is 8. The Morgan fingerprint density at radius 3 is 2.31 bits per heavy atom. The standard InChI is InChI=1S/C23H39N3O3/c1-24-12-14-26(15-13-24)17-20-8-9-22(28-2)16-23(20)29-19-21(27)18-25-10-6-4-3-5-7-11-25/h8-9,16,21,27H,3-7,10-15,17-19H2,1-2H3/t21-/m1/s1. The Morgan fingerprint density at radius 1 is 0.931 bits per heavy atom. The normalized spacial score (nSPS) is 21.3. The Morgan fingerprint density at radius 2 is 1.62 bits per heavy atom. The number of methoxy groups -OCH3 is 1. The predicted octanol–water partition coefficient (Wildman–Crippen LogP) is 2.45. The van der Waals surface area contributed by atoms with Gasteiger partial charge in [-0.1, -0.05) is 25.3 Å². The first-order valence-corrected chi connectivity index (χ1v) is 11.2. The third-order valence-electron chi connectivity index (χ3n) is 6.11. The van der Waals surface area contributed by atoms with Gasteiger partial charge in [0.2, 0.25) is 0 Å². The van der Waals surface area contributed by atoms with Crippen LogP contribution in [0.15, 0.2) is 18.2 Å². The van der Waals surface area contributed by atoms with Crippen molar-refractivity contribution in [2.24, 2.45) is 0 Å². The van der Waals surface area contributed by atoms with E-state index < -0.39 is 6.10 Å². The number of benzene rings is 1. The molecule has 0 saturated carbocycles. The number of hydrogen-bond acceptors (Lipinski definition) is 6. The molecule has 0 aliphatic carbocycles. The molecule has 0 amide bonds. The monoisotopic (exact) mass is 405 g/mol. The zero-order valence-corrected chi connectivity index (χ0v) is 18.3. The van der Waals surface area contributed by atoms with Crippen LogP contribution in [0.1, 0.15) is 37.7 Å². The van der Waals surface area contributed by atoms with E-state index in [1.54, 1.807) is 7.11 Å². The Hall–Kier alpha value is -1.34. The van der Waals surface area contributed by atoms with Crippen LogP contribution in [-0.4, -0.2) is 92.5 Å². The first-order chi connectivity index (χ1) is 14.1. The van der Waals surface area contributed by atoms with Crippen molar-refractivity contribution in [2.45, 2.75) is 44.8 Å². The highest BCUT2D eigenvalue weighted by Gasteiger charge is 2.18. The molecule has 6 heteroatoms. The second-order valence-corrected chi connectivity index (χ2v) is 8.59. The van der Waals surface area contributed by atoms with Crippen molar-refractivity contribution in [3.05, 3.63) is 23.8 Å². The summed E-state index contributed by atoms with van der Waals surface area (Å²) in [5, 5.41) is 10.6. The van der Waals surface area contributed by atoms with Crippen LogP contribution in [-0.2, 0) is 6.54 Å².